The van der Waals surface area contributed by atoms with Gasteiger partial charge in [0.2, 0.25) is 0 Å². The summed E-state index contributed by atoms with van der Waals surface area (Å²) in [7, 11) is 0. The van der Waals surface area contributed by atoms with Crippen LogP contribution in [0.25, 0.3) is 0 Å². The third-order valence-corrected chi connectivity index (χ3v) is 7.06. The first kappa shape index (κ1) is 12.1. The maximum atomic E-state index is 9.99. The van der Waals surface area contributed by atoms with Gasteiger partial charge in [-0.3, -0.25) is 0 Å². The summed E-state index contributed by atoms with van der Waals surface area (Å²) in [4.78, 5) is 0. The summed E-state index contributed by atoms with van der Waals surface area (Å²) in [5.41, 5.74) is 0. The van der Waals surface area contributed by atoms with Crippen molar-refractivity contribution in [3.63, 3.8) is 0 Å². The molecule has 0 radical (unpaired) electrons. The van der Waals surface area contributed by atoms with Gasteiger partial charge in [-0.2, -0.15) is 0 Å². The zero-order chi connectivity index (χ0) is 10.8. The quantitative estimate of drug-likeness (QED) is 0.784. The first-order chi connectivity index (χ1) is 7.18. The normalized spacial score (nSPS) is 40.6. The van der Waals surface area contributed by atoms with Crippen molar-refractivity contribution in [1.29, 1.82) is 0 Å². The van der Waals surface area contributed by atoms with Crippen molar-refractivity contribution < 1.29 is 10.2 Å². The molecule has 2 nitrogen and oxygen atoms in total. The second-order valence-corrected chi connectivity index (χ2v) is 7.46. The maximum absolute atomic E-state index is 9.99. The second-order valence-electron chi connectivity index (χ2n) is 4.67. The Hall–Kier alpha value is 0.620. The fourth-order valence-electron chi connectivity index (χ4n) is 2.61. The van der Waals surface area contributed by atoms with Gasteiger partial charge < -0.3 is 10.2 Å². The number of aliphatic hydroxyl groups excluding tert-OH is 2. The third-order valence-electron chi connectivity index (χ3n) is 3.59. The van der Waals surface area contributed by atoms with E-state index in [4.69, 9.17) is 0 Å². The Labute approximate surface area is 100 Å². The van der Waals surface area contributed by atoms with Crippen LogP contribution in [0.3, 0.4) is 0 Å². The van der Waals surface area contributed by atoms with E-state index < -0.39 is 0 Å². The van der Waals surface area contributed by atoms with Gasteiger partial charge in [0.05, 0.1) is 16.8 Å². The smallest absolute Gasteiger partial charge is 0.0573 e. The van der Waals surface area contributed by atoms with E-state index in [1.54, 1.807) is 0 Å². The molecule has 2 rings (SSSR count). The Bertz CT molecular complexity index is 207. The molecule has 0 aromatic rings. The molecule has 1 aliphatic carbocycles. The molecule has 0 amide bonds. The lowest BCUT2D eigenvalue weighted by Crippen LogP contribution is -2.37. The summed E-state index contributed by atoms with van der Waals surface area (Å²) in [6.45, 7) is 2.24. The average Bonchev–Trinajstić information content (AvgIpc) is 2.74. The molecule has 0 aromatic heterocycles. The van der Waals surface area contributed by atoms with Crippen molar-refractivity contribution in [2.75, 3.05) is 11.5 Å². The molecule has 2 fully saturated rings. The van der Waals surface area contributed by atoms with Crippen LogP contribution in [0.2, 0.25) is 0 Å². The Kier molecular flexibility index (Phi) is 4.27. The Balaban J connectivity index is 1.94. The molecule has 2 aliphatic rings. The van der Waals surface area contributed by atoms with Crippen LogP contribution >= 0.6 is 23.5 Å². The van der Waals surface area contributed by atoms with E-state index in [2.05, 4.69) is 6.92 Å². The van der Waals surface area contributed by atoms with Crippen molar-refractivity contribution in [3.8, 4) is 0 Å². The lowest BCUT2D eigenvalue weighted by molar-refractivity contribution is -0.0112. The Morgan fingerprint density at radius 3 is 2.47 bits per heavy atom. The summed E-state index contributed by atoms with van der Waals surface area (Å²) >= 11 is 4.04. The molecule has 0 bridgehead atoms. The van der Waals surface area contributed by atoms with Crippen LogP contribution in [-0.4, -0.2) is 38.5 Å². The molecule has 1 heterocycles. The van der Waals surface area contributed by atoms with Crippen LogP contribution < -0.4 is 0 Å². The van der Waals surface area contributed by atoms with Crippen LogP contribution in [0, 0.1) is 11.8 Å². The molecule has 0 spiro atoms. The molecule has 15 heavy (non-hydrogen) atoms. The minimum atomic E-state index is -0.190. The van der Waals surface area contributed by atoms with Gasteiger partial charge in [0.1, 0.15) is 0 Å². The number of thioether (sulfide) groups is 2. The molecule has 1 aliphatic heterocycles. The average molecular weight is 248 g/mol. The first-order valence-corrected chi connectivity index (χ1v) is 7.87. The molecular weight excluding hydrogens is 228 g/mol. The molecular formula is C11H20O2S2. The molecule has 0 unspecified atom stereocenters. The predicted octanol–water partition coefficient (Wildman–Crippen LogP) is 1.95. The Morgan fingerprint density at radius 2 is 1.80 bits per heavy atom. The van der Waals surface area contributed by atoms with E-state index in [1.807, 2.05) is 23.5 Å². The minimum Gasteiger partial charge on any atom is -0.393 e. The van der Waals surface area contributed by atoms with Crippen molar-refractivity contribution in [1.82, 2.24) is 0 Å². The third kappa shape index (κ3) is 2.84. The van der Waals surface area contributed by atoms with Crippen LogP contribution in [-0.2, 0) is 0 Å². The highest BCUT2D eigenvalue weighted by Gasteiger charge is 2.37. The highest BCUT2D eigenvalue weighted by molar-refractivity contribution is 8.20. The summed E-state index contributed by atoms with van der Waals surface area (Å²) in [6.07, 6.45) is 1.97. The van der Waals surface area contributed by atoms with Crippen molar-refractivity contribution >= 4 is 23.5 Å². The van der Waals surface area contributed by atoms with Crippen molar-refractivity contribution in [3.05, 3.63) is 0 Å². The topological polar surface area (TPSA) is 40.5 Å². The summed E-state index contributed by atoms with van der Waals surface area (Å²) < 4.78 is 0.634. The fourth-order valence-corrected chi connectivity index (χ4v) is 5.82. The number of aliphatic hydroxyl groups is 2. The van der Waals surface area contributed by atoms with E-state index in [-0.39, 0.29) is 12.2 Å². The van der Waals surface area contributed by atoms with E-state index in [0.717, 1.165) is 19.3 Å². The molecule has 2 N–H and O–H groups in total. The van der Waals surface area contributed by atoms with E-state index in [1.165, 1.54) is 11.5 Å². The monoisotopic (exact) mass is 248 g/mol. The van der Waals surface area contributed by atoms with Crippen LogP contribution in [0.4, 0.5) is 0 Å². The Morgan fingerprint density at radius 1 is 1.13 bits per heavy atom. The first-order valence-electron chi connectivity index (χ1n) is 5.78. The van der Waals surface area contributed by atoms with E-state index >= 15 is 0 Å². The van der Waals surface area contributed by atoms with Gasteiger partial charge in [0.25, 0.3) is 0 Å². The zero-order valence-electron chi connectivity index (χ0n) is 9.13. The molecule has 4 heteroatoms. The second kappa shape index (κ2) is 5.30. The molecule has 1 saturated carbocycles. The predicted molar refractivity (Wildman–Crippen MR) is 67.2 cm³/mol. The van der Waals surface area contributed by atoms with E-state index in [9.17, 15) is 10.2 Å². The molecule has 0 aromatic carbocycles. The SMILES string of the molecule is C[C@H](C1SCCS1)[C@@H]1C[C@@H](O)CC[C@@H]1O. The number of hydrogen-bond acceptors (Lipinski definition) is 4. The molecule has 88 valence electrons. The minimum absolute atomic E-state index is 0.183. The molecule has 1 saturated heterocycles. The summed E-state index contributed by atoms with van der Waals surface area (Å²) in [5, 5.41) is 19.7. The molecule has 4 atom stereocenters. The highest BCUT2D eigenvalue weighted by Crippen LogP contribution is 2.43. The largest absolute Gasteiger partial charge is 0.393 e. The lowest BCUT2D eigenvalue weighted by atomic mass is 9.78. The van der Waals surface area contributed by atoms with Crippen LogP contribution in [0.5, 0.6) is 0 Å². The van der Waals surface area contributed by atoms with Gasteiger partial charge in [-0.1, -0.05) is 6.92 Å². The van der Waals surface area contributed by atoms with E-state index in [0.29, 0.717) is 16.4 Å². The van der Waals surface area contributed by atoms with Crippen molar-refractivity contribution in [2.45, 2.75) is 43.0 Å². The van der Waals surface area contributed by atoms with Gasteiger partial charge in [0, 0.05) is 11.5 Å². The van der Waals surface area contributed by atoms with Crippen LogP contribution in [0.15, 0.2) is 0 Å². The number of rotatable bonds is 2. The fraction of sp³-hybridized carbons (Fsp3) is 1.00. The summed E-state index contributed by atoms with van der Waals surface area (Å²) in [5.74, 6) is 3.31. The van der Waals surface area contributed by atoms with Gasteiger partial charge in [-0.25, -0.2) is 0 Å². The maximum Gasteiger partial charge on any atom is 0.0573 e. The van der Waals surface area contributed by atoms with Gasteiger partial charge in [-0.05, 0) is 31.1 Å². The standard InChI is InChI=1S/C11H20O2S2/c1-7(11-14-4-5-15-11)9-6-8(12)2-3-10(9)13/h7-13H,2-6H2,1H3/t7-,8-,9-,10-/m0/s1. The number of hydrogen-bond donors (Lipinski definition) is 2. The van der Waals surface area contributed by atoms with Gasteiger partial charge in [0.15, 0.2) is 0 Å². The lowest BCUT2D eigenvalue weighted by Gasteiger charge is -2.36. The van der Waals surface area contributed by atoms with Crippen molar-refractivity contribution in [2.24, 2.45) is 11.8 Å². The van der Waals surface area contributed by atoms with Gasteiger partial charge >= 0.3 is 0 Å². The summed E-state index contributed by atoms with van der Waals surface area (Å²) in [6, 6.07) is 0. The van der Waals surface area contributed by atoms with Gasteiger partial charge in [-0.15, -0.1) is 23.5 Å². The zero-order valence-corrected chi connectivity index (χ0v) is 10.8. The van der Waals surface area contributed by atoms with Crippen LogP contribution in [0.1, 0.15) is 26.2 Å². The highest BCUT2D eigenvalue weighted by atomic mass is 32.2.